The van der Waals surface area contributed by atoms with E-state index < -0.39 is 17.9 Å². The van der Waals surface area contributed by atoms with Crippen LogP contribution in [0.4, 0.5) is 0 Å². The normalized spacial score (nSPS) is 16.5. The van der Waals surface area contributed by atoms with Crippen molar-refractivity contribution in [2.45, 2.75) is 38.0 Å². The van der Waals surface area contributed by atoms with Gasteiger partial charge in [-0.2, -0.15) is 0 Å². The largest absolute Gasteiger partial charge is 0.480 e. The van der Waals surface area contributed by atoms with Crippen molar-refractivity contribution in [3.63, 3.8) is 0 Å². The third-order valence-electron chi connectivity index (χ3n) is 5.07. The maximum absolute atomic E-state index is 12.5. The molecule has 0 aliphatic carbocycles. The molecule has 6 nitrogen and oxygen atoms in total. The molecule has 1 amide bonds. The van der Waals surface area contributed by atoms with Crippen molar-refractivity contribution in [2.75, 3.05) is 13.1 Å². The van der Waals surface area contributed by atoms with E-state index in [0.717, 1.165) is 43.6 Å². The molecule has 0 radical (unpaired) electrons. The van der Waals surface area contributed by atoms with E-state index in [9.17, 15) is 19.8 Å². The summed E-state index contributed by atoms with van der Waals surface area (Å²) in [7, 11) is 0. The van der Waals surface area contributed by atoms with E-state index in [1.807, 2.05) is 42.5 Å². The number of likely N-dealkylation sites (tertiary alicyclic amines) is 1. The predicted octanol–water partition coefficient (Wildman–Crippen LogP) is 2.07. The number of hydrogen-bond acceptors (Lipinski definition) is 4. The quantitative estimate of drug-likeness (QED) is 0.682. The van der Waals surface area contributed by atoms with Crippen molar-refractivity contribution in [3.05, 3.63) is 71.3 Å². The zero-order valence-electron chi connectivity index (χ0n) is 15.8. The number of hydrogen-bond donors (Lipinski definition) is 3. The molecular formula is C22H26N2O4. The molecule has 3 rings (SSSR count). The number of aliphatic hydroxyl groups excluding tert-OH is 1. The summed E-state index contributed by atoms with van der Waals surface area (Å²) in [4.78, 5) is 26.3. The third-order valence-corrected chi connectivity index (χ3v) is 5.07. The molecule has 3 N–H and O–H groups in total. The highest BCUT2D eigenvalue weighted by atomic mass is 16.4. The van der Waals surface area contributed by atoms with Crippen LogP contribution in [0.2, 0.25) is 0 Å². The van der Waals surface area contributed by atoms with E-state index in [-0.39, 0.29) is 12.5 Å². The molecule has 0 bridgehead atoms. The number of carboxylic acid groups (broad SMARTS) is 1. The number of benzene rings is 2. The van der Waals surface area contributed by atoms with E-state index in [2.05, 4.69) is 10.2 Å². The summed E-state index contributed by atoms with van der Waals surface area (Å²) in [6, 6.07) is 15.5. The Hall–Kier alpha value is -2.70. The monoisotopic (exact) mass is 382 g/mol. The van der Waals surface area contributed by atoms with Crippen molar-refractivity contribution in [1.82, 2.24) is 10.2 Å². The number of nitrogens with one attached hydrogen (secondary N) is 1. The lowest BCUT2D eigenvalue weighted by molar-refractivity contribution is -0.139. The number of carboxylic acids is 1. The molecule has 28 heavy (non-hydrogen) atoms. The number of rotatable bonds is 7. The summed E-state index contributed by atoms with van der Waals surface area (Å²) in [6.45, 7) is 2.51. The molecule has 0 unspecified atom stereocenters. The minimum Gasteiger partial charge on any atom is -0.480 e. The fourth-order valence-electron chi connectivity index (χ4n) is 3.39. The first-order chi connectivity index (χ1) is 13.5. The number of piperidine rings is 1. The van der Waals surface area contributed by atoms with Gasteiger partial charge in [-0.1, -0.05) is 42.5 Å². The number of nitrogens with zero attached hydrogens (tertiary/aromatic N) is 1. The first kappa shape index (κ1) is 20.0. The van der Waals surface area contributed by atoms with E-state index in [1.165, 1.54) is 0 Å². The Bertz CT molecular complexity index is 784. The Morgan fingerprint density at radius 2 is 1.64 bits per heavy atom. The molecule has 0 aromatic heterocycles. The number of carbonyl (C=O) groups is 2. The highest BCUT2D eigenvalue weighted by Gasteiger charge is 2.21. The molecule has 2 aromatic rings. The molecule has 1 heterocycles. The lowest BCUT2D eigenvalue weighted by Gasteiger charge is -2.29. The summed E-state index contributed by atoms with van der Waals surface area (Å²) in [5.41, 5.74) is 2.39. The summed E-state index contributed by atoms with van der Waals surface area (Å²) in [5, 5.41) is 21.6. The van der Waals surface area contributed by atoms with E-state index in [1.54, 1.807) is 12.1 Å². The molecule has 1 fully saturated rings. The van der Waals surface area contributed by atoms with Gasteiger partial charge in [0.25, 0.3) is 5.91 Å². The summed E-state index contributed by atoms with van der Waals surface area (Å²) < 4.78 is 0. The van der Waals surface area contributed by atoms with Crippen molar-refractivity contribution >= 4 is 11.9 Å². The van der Waals surface area contributed by atoms with E-state index in [4.69, 9.17) is 0 Å². The van der Waals surface area contributed by atoms with Gasteiger partial charge in [0.2, 0.25) is 0 Å². The maximum atomic E-state index is 12.5. The molecule has 148 valence electrons. The number of amides is 1. The second-order valence-corrected chi connectivity index (χ2v) is 7.26. The minimum atomic E-state index is -1.05. The summed E-state index contributed by atoms with van der Waals surface area (Å²) in [6.07, 6.45) is 1.62. The molecule has 0 saturated carbocycles. The van der Waals surface area contributed by atoms with E-state index in [0.29, 0.717) is 5.56 Å². The zero-order chi connectivity index (χ0) is 19.9. The van der Waals surface area contributed by atoms with Crippen molar-refractivity contribution in [2.24, 2.45) is 0 Å². The molecule has 1 atom stereocenters. The highest BCUT2D eigenvalue weighted by molar-refractivity contribution is 5.96. The predicted molar refractivity (Wildman–Crippen MR) is 106 cm³/mol. The Labute approximate surface area is 164 Å². The van der Waals surface area contributed by atoms with Crippen LogP contribution < -0.4 is 5.32 Å². The van der Waals surface area contributed by atoms with Gasteiger partial charge in [-0.3, -0.25) is 9.69 Å². The fourth-order valence-corrected chi connectivity index (χ4v) is 3.39. The lowest BCUT2D eigenvalue weighted by atomic mass is 10.0. The van der Waals surface area contributed by atoms with Gasteiger partial charge in [0.15, 0.2) is 0 Å². The summed E-state index contributed by atoms with van der Waals surface area (Å²) in [5.74, 6) is -1.45. The Balaban J connectivity index is 1.57. The second-order valence-electron chi connectivity index (χ2n) is 7.26. The Morgan fingerprint density at radius 3 is 2.25 bits per heavy atom. The third kappa shape index (κ3) is 5.65. The SMILES string of the molecule is O=C(N[C@@H](Cc1ccccc1)C(=O)O)c1ccc(CN2CCC(O)CC2)cc1. The van der Waals surface area contributed by atoms with Gasteiger partial charge in [-0.25, -0.2) is 4.79 Å². The first-order valence-electron chi connectivity index (χ1n) is 9.58. The molecule has 0 spiro atoms. The van der Waals surface area contributed by atoms with E-state index >= 15 is 0 Å². The molecule has 2 aromatic carbocycles. The smallest absolute Gasteiger partial charge is 0.326 e. The molecular weight excluding hydrogens is 356 g/mol. The average Bonchev–Trinajstić information content (AvgIpc) is 2.70. The molecule has 1 saturated heterocycles. The fraction of sp³-hybridized carbons (Fsp3) is 0.364. The van der Waals surface area contributed by atoms with Gasteiger partial charge in [-0.15, -0.1) is 0 Å². The van der Waals surface area contributed by atoms with Crippen LogP contribution in [-0.4, -0.2) is 52.2 Å². The van der Waals surface area contributed by atoms with Gasteiger partial charge >= 0.3 is 5.97 Å². The van der Waals surface area contributed by atoms with Crippen LogP contribution in [0.3, 0.4) is 0 Å². The van der Waals surface area contributed by atoms with Crippen LogP contribution in [0.1, 0.15) is 34.3 Å². The highest BCUT2D eigenvalue weighted by Crippen LogP contribution is 2.14. The Kier molecular flexibility index (Phi) is 6.79. The van der Waals surface area contributed by atoms with Crippen LogP contribution in [0.25, 0.3) is 0 Å². The van der Waals surface area contributed by atoms with Gasteiger partial charge in [-0.05, 0) is 36.1 Å². The van der Waals surface area contributed by atoms with Crippen LogP contribution >= 0.6 is 0 Å². The van der Waals surface area contributed by atoms with Crippen LogP contribution in [-0.2, 0) is 17.8 Å². The van der Waals surface area contributed by atoms with Crippen molar-refractivity contribution in [1.29, 1.82) is 0 Å². The van der Waals surface area contributed by atoms with Crippen LogP contribution in [0.15, 0.2) is 54.6 Å². The topological polar surface area (TPSA) is 89.9 Å². The van der Waals surface area contributed by atoms with Crippen molar-refractivity contribution in [3.8, 4) is 0 Å². The van der Waals surface area contributed by atoms with Gasteiger partial charge in [0.05, 0.1) is 6.10 Å². The van der Waals surface area contributed by atoms with Crippen molar-refractivity contribution < 1.29 is 19.8 Å². The van der Waals surface area contributed by atoms with Gasteiger partial charge < -0.3 is 15.5 Å². The molecule has 1 aliphatic rings. The lowest BCUT2D eigenvalue weighted by Crippen LogP contribution is -2.42. The first-order valence-corrected chi connectivity index (χ1v) is 9.58. The minimum absolute atomic E-state index is 0.194. The Morgan fingerprint density at radius 1 is 1.00 bits per heavy atom. The summed E-state index contributed by atoms with van der Waals surface area (Å²) >= 11 is 0. The molecule has 1 aliphatic heterocycles. The second kappa shape index (κ2) is 9.48. The number of carbonyl (C=O) groups excluding carboxylic acids is 1. The zero-order valence-corrected chi connectivity index (χ0v) is 15.8. The van der Waals surface area contributed by atoms with Crippen LogP contribution in [0, 0.1) is 0 Å². The van der Waals surface area contributed by atoms with Gasteiger partial charge in [0, 0.05) is 31.6 Å². The number of aliphatic carboxylic acids is 1. The maximum Gasteiger partial charge on any atom is 0.326 e. The standard InChI is InChI=1S/C22H26N2O4/c25-19-10-12-24(13-11-19)15-17-6-8-18(9-7-17)21(26)23-20(22(27)28)14-16-4-2-1-3-5-16/h1-9,19-20,25H,10-15H2,(H,23,26)(H,27,28)/t20-/m0/s1. The molecule has 6 heteroatoms. The number of aliphatic hydroxyl groups is 1. The van der Waals surface area contributed by atoms with Gasteiger partial charge in [0.1, 0.15) is 6.04 Å². The average molecular weight is 382 g/mol. The van der Waals surface area contributed by atoms with Crippen LogP contribution in [0.5, 0.6) is 0 Å².